The number of hydrogen-bond acceptors (Lipinski definition) is 6. The maximum absolute atomic E-state index is 13.2. The van der Waals surface area contributed by atoms with Crippen molar-refractivity contribution in [3.63, 3.8) is 0 Å². The summed E-state index contributed by atoms with van der Waals surface area (Å²) >= 11 is 6.37. The zero-order valence-corrected chi connectivity index (χ0v) is 25.8. The second kappa shape index (κ2) is 12.4. The van der Waals surface area contributed by atoms with Crippen LogP contribution in [0.5, 0.6) is 5.75 Å². The summed E-state index contributed by atoms with van der Waals surface area (Å²) in [5.74, 6) is 0.0487. The van der Waals surface area contributed by atoms with E-state index in [1.165, 1.54) is 11.1 Å². The van der Waals surface area contributed by atoms with Gasteiger partial charge in [0.25, 0.3) is 5.91 Å². The number of nitrogens with zero attached hydrogens (tertiary/aromatic N) is 1. The third-order valence-electron chi connectivity index (χ3n) is 9.23. The number of benzene rings is 2. The maximum atomic E-state index is 13.2. The van der Waals surface area contributed by atoms with E-state index < -0.39 is 22.0 Å². The van der Waals surface area contributed by atoms with Crippen LogP contribution < -0.4 is 14.4 Å². The zero-order valence-electron chi connectivity index (χ0n) is 24.2. The van der Waals surface area contributed by atoms with Crippen LogP contribution in [-0.2, 0) is 21.9 Å². The molecule has 2 unspecified atom stereocenters. The number of rotatable bonds is 10. The van der Waals surface area contributed by atoms with Crippen molar-refractivity contribution in [1.82, 2.24) is 4.72 Å². The maximum Gasteiger partial charge on any atom is 0.264 e. The first-order valence-corrected chi connectivity index (χ1v) is 16.8. The molecule has 226 valence electrons. The third-order valence-corrected chi connectivity index (χ3v) is 11.0. The first-order valence-electron chi connectivity index (χ1n) is 14.8. The Morgan fingerprint density at radius 1 is 1.26 bits per heavy atom. The van der Waals surface area contributed by atoms with Crippen LogP contribution in [0, 0.1) is 17.8 Å². The number of aliphatic hydroxyl groups excluding tert-OH is 1. The SMILES string of the molecule is C=CCC(C)CS(=O)(=O)NC(=O)c1ccc2c(c1)N(C[C@@H]1CC[C@H]1C(O)C=C)C[C@@]1(CCCc3cc(Cl)ccc31)CO2. The standard InChI is InChI=1S/C33H41ClN2O5S/c1-4-7-22(3)19-42(39,40)35-32(38)24-10-14-31-29(17-24)36(18-25-9-12-27(25)30(37)5-2)20-33(21-41-31)15-6-8-23-16-26(34)11-13-28(23)33/h4-5,10-11,13-14,16-17,22,25,27,30,37H,1-2,6-9,12,15,18-21H2,3H3,(H,35,38)/t22?,25-,27+,30?,33-/m0/s1. The predicted molar refractivity (Wildman–Crippen MR) is 168 cm³/mol. The van der Waals surface area contributed by atoms with Gasteiger partial charge < -0.3 is 14.7 Å². The van der Waals surface area contributed by atoms with Gasteiger partial charge in [0.2, 0.25) is 10.0 Å². The lowest BCUT2D eigenvalue weighted by molar-refractivity contribution is 0.0460. The van der Waals surface area contributed by atoms with E-state index in [9.17, 15) is 18.3 Å². The molecule has 2 aromatic carbocycles. The topological polar surface area (TPSA) is 95.9 Å². The minimum Gasteiger partial charge on any atom is -0.490 e. The van der Waals surface area contributed by atoms with E-state index in [-0.39, 0.29) is 34.5 Å². The molecule has 1 fully saturated rings. The van der Waals surface area contributed by atoms with Gasteiger partial charge in [-0.2, -0.15) is 0 Å². The molecule has 0 bridgehead atoms. The van der Waals surface area contributed by atoms with Crippen molar-refractivity contribution in [2.24, 2.45) is 17.8 Å². The van der Waals surface area contributed by atoms with Gasteiger partial charge in [-0.05, 0) is 97.7 Å². The second-order valence-electron chi connectivity index (χ2n) is 12.4. The van der Waals surface area contributed by atoms with Crippen LogP contribution in [0.25, 0.3) is 0 Å². The Hall–Kier alpha value is -2.81. The van der Waals surface area contributed by atoms with E-state index in [0.29, 0.717) is 31.9 Å². The molecular formula is C33H41ClN2O5S. The summed E-state index contributed by atoms with van der Waals surface area (Å²) in [5.41, 5.74) is 3.22. The Balaban J connectivity index is 1.48. The number of aryl methyl sites for hydroxylation is 1. The molecule has 1 aliphatic heterocycles. The molecule has 1 saturated carbocycles. The number of hydrogen-bond donors (Lipinski definition) is 2. The van der Waals surface area contributed by atoms with Gasteiger partial charge in [0.1, 0.15) is 5.75 Å². The van der Waals surface area contributed by atoms with Crippen molar-refractivity contribution in [2.75, 3.05) is 30.3 Å². The van der Waals surface area contributed by atoms with E-state index >= 15 is 0 Å². The Bertz CT molecular complexity index is 1460. The number of carbonyl (C=O) groups excluding carboxylic acids is 1. The molecule has 9 heteroatoms. The highest BCUT2D eigenvalue weighted by molar-refractivity contribution is 7.90. The van der Waals surface area contributed by atoms with Gasteiger partial charge in [0.05, 0.1) is 24.2 Å². The quantitative estimate of drug-likeness (QED) is 0.336. The number of amides is 1. The van der Waals surface area contributed by atoms with Crippen LogP contribution >= 0.6 is 11.6 Å². The largest absolute Gasteiger partial charge is 0.490 e. The van der Waals surface area contributed by atoms with Gasteiger partial charge in [-0.1, -0.05) is 36.7 Å². The highest BCUT2D eigenvalue weighted by atomic mass is 35.5. The highest BCUT2D eigenvalue weighted by Crippen LogP contribution is 2.46. The molecule has 7 nitrogen and oxygen atoms in total. The minimum absolute atomic E-state index is 0.123. The molecule has 2 aromatic rings. The van der Waals surface area contributed by atoms with Gasteiger partial charge in [0.15, 0.2) is 0 Å². The predicted octanol–water partition coefficient (Wildman–Crippen LogP) is 5.66. The lowest BCUT2D eigenvalue weighted by atomic mass is 9.68. The van der Waals surface area contributed by atoms with Crippen LogP contribution in [0.4, 0.5) is 5.69 Å². The summed E-state index contributed by atoms with van der Waals surface area (Å²) in [7, 11) is -3.83. The van der Waals surface area contributed by atoms with E-state index in [1.807, 2.05) is 13.0 Å². The third kappa shape index (κ3) is 6.41. The van der Waals surface area contributed by atoms with Crippen molar-refractivity contribution in [2.45, 2.75) is 57.0 Å². The lowest BCUT2D eigenvalue weighted by Gasteiger charge is -2.45. The molecular weight excluding hydrogens is 572 g/mol. The summed E-state index contributed by atoms with van der Waals surface area (Å²) in [6.07, 6.45) is 8.11. The number of sulfonamides is 1. The van der Waals surface area contributed by atoms with E-state index in [4.69, 9.17) is 16.3 Å². The van der Waals surface area contributed by atoms with Crippen molar-refractivity contribution in [3.8, 4) is 5.75 Å². The Labute approximate surface area is 254 Å². The number of fused-ring (bicyclic) bond motifs is 3. The average Bonchev–Trinajstić information content (AvgIpc) is 3.07. The van der Waals surface area contributed by atoms with Crippen molar-refractivity contribution >= 4 is 33.2 Å². The van der Waals surface area contributed by atoms with Crippen molar-refractivity contribution < 1.29 is 23.1 Å². The van der Waals surface area contributed by atoms with Crippen molar-refractivity contribution in [3.05, 3.63) is 83.4 Å². The van der Waals surface area contributed by atoms with Crippen LogP contribution in [0.1, 0.15) is 60.5 Å². The van der Waals surface area contributed by atoms with E-state index in [0.717, 1.165) is 42.8 Å². The second-order valence-corrected chi connectivity index (χ2v) is 14.6. The molecule has 1 amide bonds. The lowest BCUT2D eigenvalue weighted by Crippen LogP contribution is -2.49. The fourth-order valence-electron chi connectivity index (χ4n) is 6.95. The molecule has 42 heavy (non-hydrogen) atoms. The highest BCUT2D eigenvalue weighted by Gasteiger charge is 2.44. The number of ether oxygens (including phenoxy) is 1. The van der Waals surface area contributed by atoms with Crippen LogP contribution in [0.2, 0.25) is 5.02 Å². The summed E-state index contributed by atoms with van der Waals surface area (Å²) < 4.78 is 34.2. The van der Waals surface area contributed by atoms with Crippen molar-refractivity contribution in [1.29, 1.82) is 0 Å². The molecule has 0 aromatic heterocycles. The Kier molecular flexibility index (Phi) is 9.07. The van der Waals surface area contributed by atoms with Gasteiger partial charge in [-0.15, -0.1) is 13.2 Å². The number of aliphatic hydroxyl groups is 1. The molecule has 2 aliphatic carbocycles. The summed E-state index contributed by atoms with van der Waals surface area (Å²) in [6.45, 7) is 11.1. The number of carbonyl (C=O) groups is 1. The summed E-state index contributed by atoms with van der Waals surface area (Å²) in [6, 6.07) is 11.3. The average molecular weight is 613 g/mol. The molecule has 0 saturated heterocycles. The number of halogens is 1. The van der Waals surface area contributed by atoms with Gasteiger partial charge in [-0.25, -0.2) is 13.1 Å². The van der Waals surface area contributed by atoms with Gasteiger partial charge in [0, 0.05) is 29.1 Å². The molecule has 0 radical (unpaired) electrons. The fourth-order valence-corrected chi connectivity index (χ4v) is 8.52. The molecule has 2 N–H and O–H groups in total. The zero-order chi connectivity index (χ0) is 30.1. The molecule has 1 spiro atoms. The molecule has 1 heterocycles. The fraction of sp³-hybridized carbons (Fsp3) is 0.485. The molecule has 5 rings (SSSR count). The van der Waals surface area contributed by atoms with Crippen LogP contribution in [-0.4, -0.2) is 51.0 Å². The normalized spacial score (nSPS) is 24.7. The Morgan fingerprint density at radius 3 is 2.79 bits per heavy atom. The van der Waals surface area contributed by atoms with E-state index in [2.05, 4.69) is 34.9 Å². The minimum atomic E-state index is -3.83. The first kappa shape index (κ1) is 30.6. The molecule has 3 aliphatic rings. The summed E-state index contributed by atoms with van der Waals surface area (Å²) in [5, 5.41) is 11.3. The van der Waals surface area contributed by atoms with Gasteiger partial charge >= 0.3 is 0 Å². The molecule has 5 atom stereocenters. The number of nitrogens with one attached hydrogen (secondary N) is 1. The van der Waals surface area contributed by atoms with Crippen LogP contribution in [0.3, 0.4) is 0 Å². The van der Waals surface area contributed by atoms with Gasteiger partial charge in [-0.3, -0.25) is 4.79 Å². The smallest absolute Gasteiger partial charge is 0.264 e. The Morgan fingerprint density at radius 2 is 2.07 bits per heavy atom. The first-order chi connectivity index (χ1) is 20.0. The van der Waals surface area contributed by atoms with Crippen LogP contribution in [0.15, 0.2) is 61.7 Å². The number of allylic oxidation sites excluding steroid dienone is 1. The summed E-state index contributed by atoms with van der Waals surface area (Å²) in [4.78, 5) is 15.5. The van der Waals surface area contributed by atoms with E-state index in [1.54, 1.807) is 30.4 Å². The number of anilines is 1. The monoisotopic (exact) mass is 612 g/mol.